The molecule has 0 saturated carbocycles. The molecule has 0 amide bonds. The maximum atomic E-state index is 11.7. The average Bonchev–Trinajstić information content (AvgIpc) is 2.46. The molecule has 0 atom stereocenters. The van der Waals surface area contributed by atoms with Crippen LogP contribution in [-0.2, 0) is 11.3 Å². The second kappa shape index (κ2) is 6.43. The number of anilines is 1. The summed E-state index contributed by atoms with van der Waals surface area (Å²) in [5.74, 6) is -0.120. The third-order valence-corrected chi connectivity index (χ3v) is 3.28. The first-order chi connectivity index (χ1) is 9.61. The van der Waals surface area contributed by atoms with Gasteiger partial charge in [-0.2, -0.15) is 0 Å². The Labute approximate surface area is 125 Å². The minimum absolute atomic E-state index is 0.324. The van der Waals surface area contributed by atoms with Crippen molar-refractivity contribution in [2.75, 3.05) is 12.8 Å². The molecule has 0 aliphatic carbocycles. The van der Waals surface area contributed by atoms with Gasteiger partial charge < -0.3 is 15.2 Å². The second-order valence-corrected chi connectivity index (χ2v) is 5.05. The molecule has 2 N–H and O–H groups in total. The van der Waals surface area contributed by atoms with Crippen molar-refractivity contribution in [2.45, 2.75) is 6.61 Å². The molecule has 0 fully saturated rings. The standard InChI is InChI=1S/C15H14BrNO3/c1-19-15(18)12-3-2-4-13(17)14(12)20-9-10-5-7-11(16)8-6-10/h2-8H,9,17H2,1H3. The highest BCUT2D eigenvalue weighted by molar-refractivity contribution is 9.10. The van der Waals surface area contributed by atoms with Crippen molar-refractivity contribution in [1.29, 1.82) is 0 Å². The zero-order valence-electron chi connectivity index (χ0n) is 10.9. The van der Waals surface area contributed by atoms with Crippen molar-refractivity contribution in [2.24, 2.45) is 0 Å². The molecule has 5 heteroatoms. The lowest BCUT2D eigenvalue weighted by Gasteiger charge is -2.12. The zero-order chi connectivity index (χ0) is 14.5. The van der Waals surface area contributed by atoms with Crippen LogP contribution < -0.4 is 10.5 Å². The van der Waals surface area contributed by atoms with E-state index in [2.05, 4.69) is 15.9 Å². The number of rotatable bonds is 4. The van der Waals surface area contributed by atoms with E-state index in [0.717, 1.165) is 10.0 Å². The first-order valence-electron chi connectivity index (χ1n) is 5.96. The molecule has 20 heavy (non-hydrogen) atoms. The van der Waals surface area contributed by atoms with Gasteiger partial charge in [-0.05, 0) is 29.8 Å². The van der Waals surface area contributed by atoms with E-state index in [9.17, 15) is 4.79 Å². The molecule has 0 bridgehead atoms. The van der Waals surface area contributed by atoms with Crippen LogP contribution in [0.15, 0.2) is 46.9 Å². The fourth-order valence-corrected chi connectivity index (χ4v) is 1.99. The van der Waals surface area contributed by atoms with Crippen LogP contribution in [0.4, 0.5) is 5.69 Å². The Morgan fingerprint density at radius 3 is 2.55 bits per heavy atom. The molecule has 0 saturated heterocycles. The molecular weight excluding hydrogens is 322 g/mol. The highest BCUT2D eigenvalue weighted by Crippen LogP contribution is 2.28. The number of para-hydroxylation sites is 1. The van der Waals surface area contributed by atoms with Gasteiger partial charge in [-0.1, -0.05) is 34.1 Å². The molecule has 0 aromatic heterocycles. The lowest BCUT2D eigenvalue weighted by atomic mass is 10.1. The third-order valence-electron chi connectivity index (χ3n) is 2.75. The number of hydrogen-bond donors (Lipinski definition) is 1. The Kier molecular flexibility index (Phi) is 4.63. The summed E-state index contributed by atoms with van der Waals surface area (Å²) in [6.07, 6.45) is 0. The van der Waals surface area contributed by atoms with Gasteiger partial charge in [0.1, 0.15) is 12.2 Å². The Morgan fingerprint density at radius 2 is 1.90 bits per heavy atom. The lowest BCUT2D eigenvalue weighted by Crippen LogP contribution is -2.08. The van der Waals surface area contributed by atoms with Gasteiger partial charge in [-0.15, -0.1) is 0 Å². The second-order valence-electron chi connectivity index (χ2n) is 4.13. The minimum Gasteiger partial charge on any atom is -0.486 e. The fourth-order valence-electron chi connectivity index (χ4n) is 1.72. The summed E-state index contributed by atoms with van der Waals surface area (Å²) in [6.45, 7) is 0.325. The number of nitrogens with two attached hydrogens (primary N) is 1. The largest absolute Gasteiger partial charge is 0.486 e. The van der Waals surface area contributed by atoms with E-state index in [-0.39, 0.29) is 0 Å². The number of methoxy groups -OCH3 is 1. The van der Waals surface area contributed by atoms with E-state index < -0.39 is 5.97 Å². The minimum atomic E-state index is -0.469. The van der Waals surface area contributed by atoms with Crippen molar-refractivity contribution in [1.82, 2.24) is 0 Å². The number of esters is 1. The summed E-state index contributed by atoms with van der Waals surface area (Å²) >= 11 is 3.37. The van der Waals surface area contributed by atoms with Crippen molar-refractivity contribution in [3.63, 3.8) is 0 Å². The smallest absolute Gasteiger partial charge is 0.341 e. The average molecular weight is 336 g/mol. The van der Waals surface area contributed by atoms with Crippen molar-refractivity contribution in [3.8, 4) is 5.75 Å². The van der Waals surface area contributed by atoms with E-state index in [4.69, 9.17) is 15.2 Å². The zero-order valence-corrected chi connectivity index (χ0v) is 12.5. The number of halogens is 1. The summed E-state index contributed by atoms with van der Waals surface area (Å²) in [5, 5.41) is 0. The molecule has 4 nitrogen and oxygen atoms in total. The summed E-state index contributed by atoms with van der Waals surface area (Å²) in [4.78, 5) is 11.7. The number of hydrogen-bond acceptors (Lipinski definition) is 4. The molecular formula is C15H14BrNO3. The summed E-state index contributed by atoms with van der Waals surface area (Å²) in [7, 11) is 1.32. The predicted octanol–water partition coefficient (Wildman–Crippen LogP) is 3.40. The van der Waals surface area contributed by atoms with Crippen LogP contribution in [0.3, 0.4) is 0 Å². The van der Waals surface area contributed by atoms with Crippen molar-refractivity contribution >= 4 is 27.6 Å². The van der Waals surface area contributed by atoms with Crippen LogP contribution >= 0.6 is 15.9 Å². The number of benzene rings is 2. The summed E-state index contributed by atoms with van der Waals surface area (Å²) < 4.78 is 11.4. The van der Waals surface area contributed by atoms with Crippen LogP contribution in [0.1, 0.15) is 15.9 Å². The Bertz CT molecular complexity index is 611. The van der Waals surface area contributed by atoms with Crippen molar-refractivity contribution < 1.29 is 14.3 Å². The fraction of sp³-hybridized carbons (Fsp3) is 0.133. The van der Waals surface area contributed by atoms with E-state index in [1.165, 1.54) is 7.11 Å². The molecule has 0 heterocycles. The molecule has 0 spiro atoms. The van der Waals surface area contributed by atoms with E-state index in [1.807, 2.05) is 24.3 Å². The number of nitrogen functional groups attached to an aromatic ring is 1. The summed E-state index contributed by atoms with van der Waals surface area (Å²) in [6, 6.07) is 12.7. The molecule has 0 aliphatic rings. The Hall–Kier alpha value is -2.01. The number of ether oxygens (including phenoxy) is 2. The van der Waals surface area contributed by atoms with Crippen LogP contribution in [-0.4, -0.2) is 13.1 Å². The SMILES string of the molecule is COC(=O)c1cccc(N)c1OCc1ccc(Br)cc1. The monoisotopic (exact) mass is 335 g/mol. The van der Waals surface area contributed by atoms with Crippen LogP contribution in [0.2, 0.25) is 0 Å². The quantitative estimate of drug-likeness (QED) is 0.687. The van der Waals surface area contributed by atoms with Gasteiger partial charge in [0.15, 0.2) is 5.75 Å². The first kappa shape index (κ1) is 14.4. The highest BCUT2D eigenvalue weighted by Gasteiger charge is 2.15. The molecule has 0 radical (unpaired) electrons. The van der Waals surface area contributed by atoms with E-state index in [1.54, 1.807) is 18.2 Å². The normalized spacial score (nSPS) is 10.1. The first-order valence-corrected chi connectivity index (χ1v) is 6.75. The van der Waals surface area contributed by atoms with E-state index >= 15 is 0 Å². The molecule has 2 aromatic rings. The molecule has 104 valence electrons. The predicted molar refractivity (Wildman–Crippen MR) is 80.7 cm³/mol. The van der Waals surface area contributed by atoms with Crippen LogP contribution in [0, 0.1) is 0 Å². The third kappa shape index (κ3) is 3.30. The van der Waals surface area contributed by atoms with Gasteiger partial charge in [0.2, 0.25) is 0 Å². The van der Waals surface area contributed by atoms with Crippen molar-refractivity contribution in [3.05, 3.63) is 58.1 Å². The molecule has 0 aliphatic heterocycles. The van der Waals surface area contributed by atoms with Gasteiger partial charge >= 0.3 is 5.97 Å². The maximum Gasteiger partial charge on any atom is 0.341 e. The van der Waals surface area contributed by atoms with Gasteiger partial charge in [-0.25, -0.2) is 4.79 Å². The van der Waals surface area contributed by atoms with Crippen LogP contribution in [0.5, 0.6) is 5.75 Å². The van der Waals surface area contributed by atoms with Gasteiger partial charge in [0.05, 0.1) is 12.8 Å². The topological polar surface area (TPSA) is 61.5 Å². The molecule has 2 rings (SSSR count). The van der Waals surface area contributed by atoms with Crippen LogP contribution in [0.25, 0.3) is 0 Å². The van der Waals surface area contributed by atoms with E-state index in [0.29, 0.717) is 23.6 Å². The van der Waals surface area contributed by atoms with Gasteiger partial charge in [0.25, 0.3) is 0 Å². The Morgan fingerprint density at radius 1 is 1.20 bits per heavy atom. The molecule has 2 aromatic carbocycles. The van der Waals surface area contributed by atoms with Gasteiger partial charge in [0, 0.05) is 4.47 Å². The summed E-state index contributed by atoms with van der Waals surface area (Å²) in [5.41, 5.74) is 7.57. The van der Waals surface area contributed by atoms with Gasteiger partial charge in [-0.3, -0.25) is 0 Å². The number of carbonyl (C=O) groups excluding carboxylic acids is 1. The highest BCUT2D eigenvalue weighted by atomic mass is 79.9. The number of carbonyl (C=O) groups is 1. The molecule has 0 unspecified atom stereocenters. The Balaban J connectivity index is 2.20. The lowest BCUT2D eigenvalue weighted by molar-refractivity contribution is 0.0595. The maximum absolute atomic E-state index is 11.7.